The zero-order valence-corrected chi connectivity index (χ0v) is 21.1. The summed E-state index contributed by atoms with van der Waals surface area (Å²) < 4.78 is 40.8. The van der Waals surface area contributed by atoms with Crippen molar-refractivity contribution in [2.24, 2.45) is 0 Å². The van der Waals surface area contributed by atoms with Crippen LogP contribution in [0.4, 0.5) is 5.69 Å². The van der Waals surface area contributed by atoms with E-state index >= 15 is 0 Å². The molecule has 33 heavy (non-hydrogen) atoms. The van der Waals surface area contributed by atoms with Crippen molar-refractivity contribution in [3.05, 3.63) is 72.1 Å². The Kier molecular flexibility index (Phi) is 5.75. The number of hydrogen-bond donors (Lipinski definition) is 1. The van der Waals surface area contributed by atoms with Crippen molar-refractivity contribution >= 4 is 39.2 Å². The normalized spacial score (nSPS) is 12.5. The molecule has 172 valence electrons. The molecule has 0 spiro atoms. The fraction of sp³-hybridized carbons (Fsp3) is 0.240. The van der Waals surface area contributed by atoms with Gasteiger partial charge in [-0.2, -0.15) is 0 Å². The Morgan fingerprint density at radius 3 is 2.27 bits per heavy atom. The molecule has 0 fully saturated rings. The highest BCUT2D eigenvalue weighted by Crippen LogP contribution is 2.39. The van der Waals surface area contributed by atoms with Crippen molar-refractivity contribution in [1.82, 2.24) is 8.96 Å². The average Bonchev–Trinajstić information content (AvgIpc) is 3.13. The van der Waals surface area contributed by atoms with Crippen molar-refractivity contribution < 1.29 is 13.0 Å². The summed E-state index contributed by atoms with van der Waals surface area (Å²) >= 11 is 0. The second kappa shape index (κ2) is 8.15. The molecule has 6 nitrogen and oxygen atoms in total. The third-order valence-corrected chi connectivity index (χ3v) is 9.00. The number of benzene rings is 2. The number of hydrogen-bond acceptors (Lipinski definition) is 5. The van der Waals surface area contributed by atoms with Crippen molar-refractivity contribution in [2.45, 2.75) is 31.6 Å². The molecule has 0 unspecified atom stereocenters. The molecule has 0 aliphatic heterocycles. The standard InChI is InChI=1S/C25H28N3O3PS/c1-16(2)22-15-28(33(30,31)20-9-6-17(3)7-10-20)25-21(22)12-19(14-27-25)18-8-11-23(26)24(13-18)32(4,5)29/h6-16H,26H2,1-5H3. The van der Waals surface area contributed by atoms with E-state index in [0.717, 1.165) is 27.6 Å². The molecule has 2 N–H and O–H groups in total. The van der Waals surface area contributed by atoms with Gasteiger partial charge in [0, 0.05) is 34.3 Å². The second-order valence-corrected chi connectivity index (χ2v) is 14.1. The lowest BCUT2D eigenvalue weighted by molar-refractivity contribution is 0.587. The SMILES string of the molecule is Cc1ccc(S(=O)(=O)n2cc(C(C)C)c3cc(-c4ccc(N)c(P(C)(C)=O)c4)cnc32)cc1. The Balaban J connectivity index is 1.92. The van der Waals surface area contributed by atoms with Crippen LogP contribution in [0.5, 0.6) is 0 Å². The molecular weight excluding hydrogens is 453 g/mol. The first kappa shape index (κ1) is 23.3. The van der Waals surface area contributed by atoms with Gasteiger partial charge < -0.3 is 10.3 Å². The van der Waals surface area contributed by atoms with E-state index < -0.39 is 17.2 Å². The molecule has 0 saturated heterocycles. The maximum absolute atomic E-state index is 13.4. The van der Waals surface area contributed by atoms with Gasteiger partial charge in [-0.3, -0.25) is 0 Å². The van der Waals surface area contributed by atoms with Gasteiger partial charge in [-0.05, 0) is 67.6 Å². The van der Waals surface area contributed by atoms with Gasteiger partial charge in [0.05, 0.1) is 4.90 Å². The summed E-state index contributed by atoms with van der Waals surface area (Å²) in [5.41, 5.74) is 10.5. The lowest BCUT2D eigenvalue weighted by atomic mass is 10.0. The molecule has 0 saturated carbocycles. The number of nitrogens with zero attached hydrogens (tertiary/aromatic N) is 2. The molecule has 2 heterocycles. The minimum Gasteiger partial charge on any atom is -0.398 e. The number of nitrogen functional groups attached to an aromatic ring is 1. The molecular formula is C25H28N3O3PS. The smallest absolute Gasteiger partial charge is 0.269 e. The van der Waals surface area contributed by atoms with Crippen LogP contribution in [-0.2, 0) is 14.6 Å². The second-order valence-electron chi connectivity index (χ2n) is 9.07. The summed E-state index contributed by atoms with van der Waals surface area (Å²) in [6, 6.07) is 14.2. The maximum atomic E-state index is 13.4. The summed E-state index contributed by atoms with van der Waals surface area (Å²) in [6.45, 7) is 9.35. The first-order chi connectivity index (χ1) is 15.4. The molecule has 0 aliphatic rings. The number of anilines is 1. The van der Waals surface area contributed by atoms with Gasteiger partial charge in [0.2, 0.25) is 0 Å². The summed E-state index contributed by atoms with van der Waals surface area (Å²) in [6.07, 6.45) is 3.32. The van der Waals surface area contributed by atoms with Gasteiger partial charge in [-0.25, -0.2) is 17.4 Å². The molecule has 4 rings (SSSR count). The Morgan fingerprint density at radius 1 is 1.00 bits per heavy atom. The topological polar surface area (TPSA) is 95.0 Å². The lowest BCUT2D eigenvalue weighted by Gasteiger charge is -2.13. The molecule has 4 aromatic rings. The monoisotopic (exact) mass is 481 g/mol. The summed E-state index contributed by atoms with van der Waals surface area (Å²) in [5, 5.41) is 1.40. The molecule has 0 amide bonds. The number of pyridine rings is 1. The Labute approximate surface area is 194 Å². The number of aryl methyl sites for hydroxylation is 1. The van der Waals surface area contributed by atoms with E-state index in [1.165, 1.54) is 3.97 Å². The Morgan fingerprint density at radius 2 is 1.67 bits per heavy atom. The van der Waals surface area contributed by atoms with Crippen LogP contribution in [0.15, 0.2) is 65.8 Å². The maximum Gasteiger partial charge on any atom is 0.269 e. The third kappa shape index (κ3) is 4.23. The largest absolute Gasteiger partial charge is 0.398 e. The zero-order valence-electron chi connectivity index (χ0n) is 19.4. The highest BCUT2D eigenvalue weighted by Gasteiger charge is 2.24. The van der Waals surface area contributed by atoms with E-state index in [2.05, 4.69) is 4.98 Å². The quantitative estimate of drug-likeness (QED) is 0.312. The Bertz CT molecular complexity index is 1510. The van der Waals surface area contributed by atoms with Crippen LogP contribution in [-0.4, -0.2) is 30.7 Å². The van der Waals surface area contributed by atoms with E-state index in [1.54, 1.807) is 56.1 Å². The molecule has 0 bridgehead atoms. The van der Waals surface area contributed by atoms with Crippen LogP contribution < -0.4 is 11.0 Å². The van der Waals surface area contributed by atoms with Crippen molar-refractivity contribution in [2.75, 3.05) is 19.1 Å². The molecule has 8 heteroatoms. The summed E-state index contributed by atoms with van der Waals surface area (Å²) in [5.74, 6) is 0.0903. The van der Waals surface area contributed by atoms with Gasteiger partial charge in [0.25, 0.3) is 10.0 Å². The van der Waals surface area contributed by atoms with Gasteiger partial charge in [-0.15, -0.1) is 0 Å². The fourth-order valence-electron chi connectivity index (χ4n) is 3.92. The summed E-state index contributed by atoms with van der Waals surface area (Å²) in [4.78, 5) is 4.79. The van der Waals surface area contributed by atoms with Gasteiger partial charge in [0.1, 0.15) is 7.14 Å². The minimum atomic E-state index is -3.80. The van der Waals surface area contributed by atoms with Crippen LogP contribution in [0.2, 0.25) is 0 Å². The number of fused-ring (bicyclic) bond motifs is 1. The molecule has 2 aromatic carbocycles. The summed E-state index contributed by atoms with van der Waals surface area (Å²) in [7, 11) is -6.36. The first-order valence-corrected chi connectivity index (χ1v) is 14.7. The predicted molar refractivity (Wildman–Crippen MR) is 137 cm³/mol. The van der Waals surface area contributed by atoms with Crippen molar-refractivity contribution in [1.29, 1.82) is 0 Å². The molecule has 0 atom stereocenters. The highest BCUT2D eigenvalue weighted by atomic mass is 32.2. The van der Waals surface area contributed by atoms with Crippen LogP contribution in [0.25, 0.3) is 22.2 Å². The van der Waals surface area contributed by atoms with Crippen molar-refractivity contribution in [3.63, 3.8) is 0 Å². The van der Waals surface area contributed by atoms with Crippen LogP contribution in [0.1, 0.15) is 30.9 Å². The van der Waals surface area contributed by atoms with E-state index in [-0.39, 0.29) is 10.8 Å². The first-order valence-electron chi connectivity index (χ1n) is 10.7. The highest BCUT2D eigenvalue weighted by molar-refractivity contribution is 7.90. The van der Waals surface area contributed by atoms with E-state index in [0.29, 0.717) is 16.6 Å². The van der Waals surface area contributed by atoms with Crippen molar-refractivity contribution in [3.8, 4) is 11.1 Å². The van der Waals surface area contributed by atoms with Gasteiger partial charge in [-0.1, -0.05) is 37.6 Å². The van der Waals surface area contributed by atoms with Crippen LogP contribution in [0, 0.1) is 6.92 Å². The lowest BCUT2D eigenvalue weighted by Crippen LogP contribution is -2.12. The van der Waals surface area contributed by atoms with E-state index in [1.807, 2.05) is 39.0 Å². The van der Waals surface area contributed by atoms with E-state index in [4.69, 9.17) is 5.73 Å². The third-order valence-electron chi connectivity index (χ3n) is 5.79. The van der Waals surface area contributed by atoms with Gasteiger partial charge in [0.15, 0.2) is 5.65 Å². The number of rotatable bonds is 5. The van der Waals surface area contributed by atoms with Gasteiger partial charge >= 0.3 is 0 Å². The average molecular weight is 482 g/mol. The number of aromatic nitrogens is 2. The zero-order chi connectivity index (χ0) is 24.1. The predicted octanol–water partition coefficient (Wildman–Crippen LogP) is 5.20. The molecule has 2 aromatic heterocycles. The van der Waals surface area contributed by atoms with Crippen LogP contribution in [0.3, 0.4) is 0 Å². The molecule has 0 radical (unpaired) electrons. The van der Waals surface area contributed by atoms with Crippen LogP contribution >= 0.6 is 7.14 Å². The Hall–Kier alpha value is -2.89. The fourth-order valence-corrected chi connectivity index (χ4v) is 6.40. The minimum absolute atomic E-state index is 0.0903. The van der Waals surface area contributed by atoms with E-state index in [9.17, 15) is 13.0 Å². The molecule has 0 aliphatic carbocycles. The number of nitrogens with two attached hydrogens (primary N) is 1.